The lowest BCUT2D eigenvalue weighted by Crippen LogP contribution is -2.48. The minimum absolute atomic E-state index is 0.130. The van der Waals surface area contributed by atoms with Gasteiger partial charge in [0.2, 0.25) is 0 Å². The number of hydrogen-bond donors (Lipinski definition) is 2. The number of amidine groups is 1. The van der Waals surface area contributed by atoms with E-state index in [0.717, 1.165) is 29.5 Å². The maximum Gasteiger partial charge on any atom is 0.140 e. The van der Waals surface area contributed by atoms with Gasteiger partial charge in [-0.3, -0.25) is 5.41 Å². The Hall–Kier alpha value is -1.58. The Bertz CT molecular complexity index is 509. The average Bonchev–Trinajstić information content (AvgIpc) is 2.46. The second kappa shape index (κ2) is 5.43. The molecule has 2 atom stereocenters. The van der Waals surface area contributed by atoms with Crippen molar-refractivity contribution in [2.75, 3.05) is 11.4 Å². The zero-order valence-electron chi connectivity index (χ0n) is 12.2. The number of nitrogens with one attached hydrogen (secondary N) is 1. The number of hydrogen-bond acceptors (Lipinski definition) is 3. The second-order valence-corrected chi connectivity index (χ2v) is 6.18. The third kappa shape index (κ3) is 2.39. The van der Waals surface area contributed by atoms with E-state index in [-0.39, 0.29) is 5.84 Å². The summed E-state index contributed by atoms with van der Waals surface area (Å²) in [7, 11) is 0. The van der Waals surface area contributed by atoms with Crippen molar-refractivity contribution < 1.29 is 0 Å². The molecule has 20 heavy (non-hydrogen) atoms. The summed E-state index contributed by atoms with van der Waals surface area (Å²) in [6.07, 6.45) is 7.88. The van der Waals surface area contributed by atoms with Gasteiger partial charge in [0.25, 0.3) is 0 Å². The fourth-order valence-corrected chi connectivity index (χ4v) is 3.86. The highest BCUT2D eigenvalue weighted by atomic mass is 15.2. The van der Waals surface area contributed by atoms with Crippen molar-refractivity contribution in [3.63, 3.8) is 0 Å². The van der Waals surface area contributed by atoms with E-state index in [1.54, 1.807) is 0 Å². The van der Waals surface area contributed by atoms with Crippen LogP contribution in [0.5, 0.6) is 0 Å². The van der Waals surface area contributed by atoms with Gasteiger partial charge in [-0.2, -0.15) is 0 Å². The van der Waals surface area contributed by atoms with Gasteiger partial charge >= 0.3 is 0 Å². The lowest BCUT2D eigenvalue weighted by atomic mass is 9.78. The molecule has 3 rings (SSSR count). The van der Waals surface area contributed by atoms with Crippen LogP contribution in [0.3, 0.4) is 0 Å². The number of aryl methyl sites for hydroxylation is 1. The van der Waals surface area contributed by atoms with E-state index in [1.807, 2.05) is 19.1 Å². The van der Waals surface area contributed by atoms with E-state index in [9.17, 15) is 0 Å². The minimum atomic E-state index is 0.130. The molecule has 1 aliphatic heterocycles. The van der Waals surface area contributed by atoms with Crippen molar-refractivity contribution in [3.8, 4) is 0 Å². The van der Waals surface area contributed by atoms with Crippen LogP contribution in [-0.2, 0) is 0 Å². The molecule has 1 aromatic rings. The van der Waals surface area contributed by atoms with Crippen LogP contribution in [0.25, 0.3) is 0 Å². The SMILES string of the molecule is Cc1ccc(C(=N)N)c(N2CCC[C@H]3CCCC[C@H]32)n1. The number of rotatable bonds is 2. The molecule has 0 unspecified atom stereocenters. The predicted octanol–water partition coefficient (Wildman–Crippen LogP) is 2.83. The summed E-state index contributed by atoms with van der Waals surface area (Å²) in [6, 6.07) is 4.50. The Morgan fingerprint density at radius 1 is 1.25 bits per heavy atom. The van der Waals surface area contributed by atoms with Crippen molar-refractivity contribution in [1.82, 2.24) is 4.98 Å². The molecule has 4 nitrogen and oxygen atoms in total. The van der Waals surface area contributed by atoms with Crippen LogP contribution in [0.1, 0.15) is 49.8 Å². The molecule has 108 valence electrons. The van der Waals surface area contributed by atoms with E-state index >= 15 is 0 Å². The first-order chi connectivity index (χ1) is 9.66. The molecule has 1 aliphatic carbocycles. The normalized spacial score (nSPS) is 26.1. The number of nitrogen functional groups attached to an aromatic ring is 1. The summed E-state index contributed by atoms with van der Waals surface area (Å²) in [5.41, 5.74) is 7.55. The number of aromatic nitrogens is 1. The summed E-state index contributed by atoms with van der Waals surface area (Å²) in [6.45, 7) is 3.06. The summed E-state index contributed by atoms with van der Waals surface area (Å²) >= 11 is 0. The lowest BCUT2D eigenvalue weighted by molar-refractivity contribution is 0.242. The van der Waals surface area contributed by atoms with Gasteiger partial charge in [-0.05, 0) is 50.7 Å². The van der Waals surface area contributed by atoms with E-state index in [2.05, 4.69) is 4.90 Å². The number of nitrogens with two attached hydrogens (primary N) is 1. The highest BCUT2D eigenvalue weighted by molar-refractivity contribution is 5.99. The Kier molecular flexibility index (Phi) is 3.64. The van der Waals surface area contributed by atoms with Gasteiger partial charge in [0.15, 0.2) is 0 Å². The molecule has 4 heteroatoms. The number of anilines is 1. The van der Waals surface area contributed by atoms with Crippen molar-refractivity contribution >= 4 is 11.7 Å². The zero-order chi connectivity index (χ0) is 14.1. The van der Waals surface area contributed by atoms with Gasteiger partial charge in [0.05, 0.1) is 5.56 Å². The van der Waals surface area contributed by atoms with Crippen LogP contribution in [0.2, 0.25) is 0 Å². The van der Waals surface area contributed by atoms with Crippen LogP contribution >= 0.6 is 0 Å². The molecule has 2 aliphatic rings. The maximum absolute atomic E-state index is 7.81. The fourth-order valence-electron chi connectivity index (χ4n) is 3.86. The third-order valence-electron chi connectivity index (χ3n) is 4.82. The molecular weight excluding hydrogens is 248 g/mol. The monoisotopic (exact) mass is 272 g/mol. The minimum Gasteiger partial charge on any atom is -0.384 e. The van der Waals surface area contributed by atoms with Crippen molar-refractivity contribution in [2.45, 2.75) is 51.5 Å². The quantitative estimate of drug-likeness (QED) is 0.642. The van der Waals surface area contributed by atoms with Gasteiger partial charge in [-0.25, -0.2) is 4.98 Å². The summed E-state index contributed by atoms with van der Waals surface area (Å²) in [4.78, 5) is 7.16. The van der Waals surface area contributed by atoms with E-state index in [4.69, 9.17) is 16.1 Å². The Balaban J connectivity index is 1.98. The highest BCUT2D eigenvalue weighted by Gasteiger charge is 2.34. The van der Waals surface area contributed by atoms with E-state index < -0.39 is 0 Å². The lowest BCUT2D eigenvalue weighted by Gasteiger charge is -2.45. The largest absolute Gasteiger partial charge is 0.384 e. The molecule has 0 aromatic carbocycles. The summed E-state index contributed by atoms with van der Waals surface area (Å²) in [5.74, 6) is 1.87. The standard InChI is InChI=1S/C16H24N4/c1-11-8-9-13(15(17)18)16(19-11)20-10-4-6-12-5-2-3-7-14(12)20/h8-9,12,14H,2-7,10H2,1H3,(H3,17,18)/t12-,14-/m1/s1. The maximum atomic E-state index is 7.81. The Morgan fingerprint density at radius 2 is 2.00 bits per heavy atom. The molecule has 2 fully saturated rings. The van der Waals surface area contributed by atoms with Crippen LogP contribution in [0, 0.1) is 18.3 Å². The van der Waals surface area contributed by atoms with Crippen molar-refractivity contribution in [1.29, 1.82) is 5.41 Å². The molecule has 1 aromatic heterocycles. The number of fused-ring (bicyclic) bond motifs is 1. The topological polar surface area (TPSA) is 66.0 Å². The van der Waals surface area contributed by atoms with Gasteiger partial charge in [-0.15, -0.1) is 0 Å². The number of piperidine rings is 1. The van der Waals surface area contributed by atoms with Gasteiger partial charge in [-0.1, -0.05) is 12.8 Å². The van der Waals surface area contributed by atoms with Crippen LogP contribution in [0.15, 0.2) is 12.1 Å². The van der Waals surface area contributed by atoms with Crippen LogP contribution < -0.4 is 10.6 Å². The molecule has 0 amide bonds. The predicted molar refractivity (Wildman–Crippen MR) is 82.3 cm³/mol. The molecule has 3 N–H and O–H groups in total. The smallest absolute Gasteiger partial charge is 0.140 e. The van der Waals surface area contributed by atoms with E-state index in [1.165, 1.54) is 38.5 Å². The van der Waals surface area contributed by atoms with Crippen molar-refractivity contribution in [2.24, 2.45) is 11.7 Å². The molecule has 1 saturated carbocycles. The number of pyridine rings is 1. The van der Waals surface area contributed by atoms with Crippen LogP contribution in [-0.4, -0.2) is 23.4 Å². The first-order valence-corrected chi connectivity index (χ1v) is 7.75. The average molecular weight is 272 g/mol. The van der Waals surface area contributed by atoms with Crippen molar-refractivity contribution in [3.05, 3.63) is 23.4 Å². The summed E-state index contributed by atoms with van der Waals surface area (Å²) in [5, 5.41) is 7.81. The third-order valence-corrected chi connectivity index (χ3v) is 4.82. The zero-order valence-corrected chi connectivity index (χ0v) is 12.2. The molecule has 0 bridgehead atoms. The van der Waals surface area contributed by atoms with Gasteiger partial charge < -0.3 is 10.6 Å². The molecule has 0 radical (unpaired) electrons. The number of nitrogens with zero attached hydrogens (tertiary/aromatic N) is 2. The first kappa shape index (κ1) is 13.4. The highest BCUT2D eigenvalue weighted by Crippen LogP contribution is 2.38. The summed E-state index contributed by atoms with van der Waals surface area (Å²) < 4.78 is 0. The molecule has 2 heterocycles. The fraction of sp³-hybridized carbons (Fsp3) is 0.625. The van der Waals surface area contributed by atoms with Gasteiger partial charge in [0.1, 0.15) is 11.7 Å². The molecule has 1 saturated heterocycles. The molecular formula is C16H24N4. The second-order valence-electron chi connectivity index (χ2n) is 6.18. The Morgan fingerprint density at radius 3 is 2.80 bits per heavy atom. The Labute approximate surface area is 120 Å². The molecule has 0 spiro atoms. The van der Waals surface area contributed by atoms with E-state index in [0.29, 0.717) is 6.04 Å². The first-order valence-electron chi connectivity index (χ1n) is 7.75. The van der Waals surface area contributed by atoms with Gasteiger partial charge in [0, 0.05) is 18.3 Å². The van der Waals surface area contributed by atoms with Crippen LogP contribution in [0.4, 0.5) is 5.82 Å².